The van der Waals surface area contributed by atoms with Gasteiger partial charge in [-0.1, -0.05) is 25.0 Å². The largest absolute Gasteiger partial charge is 0.483 e. The molecular formula is C39H51FN4O7. The average Bonchev–Trinajstić information content (AvgIpc) is 3.67. The number of alkyl carbamates (subject to hydrolysis) is 1. The van der Waals surface area contributed by atoms with Crippen LogP contribution in [-0.4, -0.2) is 75.7 Å². The molecule has 1 aliphatic carbocycles. The van der Waals surface area contributed by atoms with Crippen molar-refractivity contribution in [2.75, 3.05) is 13.2 Å². The minimum absolute atomic E-state index is 0.0459. The van der Waals surface area contributed by atoms with Gasteiger partial charge in [0.1, 0.15) is 40.4 Å². The highest BCUT2D eigenvalue weighted by Crippen LogP contribution is 2.47. The van der Waals surface area contributed by atoms with E-state index in [2.05, 4.69) is 28.8 Å². The van der Waals surface area contributed by atoms with Gasteiger partial charge >= 0.3 is 12.1 Å². The zero-order chi connectivity index (χ0) is 37.1. The molecule has 2 fully saturated rings. The van der Waals surface area contributed by atoms with E-state index in [1.54, 1.807) is 39.8 Å². The van der Waals surface area contributed by atoms with Crippen LogP contribution >= 0.6 is 0 Å². The first kappa shape index (κ1) is 37.8. The van der Waals surface area contributed by atoms with E-state index >= 15 is 0 Å². The number of carbonyl (C=O) groups is 4. The third-order valence-electron chi connectivity index (χ3n) is 9.98. The number of allylic oxidation sites excluding steroid dienone is 1. The van der Waals surface area contributed by atoms with Crippen molar-refractivity contribution in [3.05, 3.63) is 60.6 Å². The Morgan fingerprint density at radius 2 is 1.94 bits per heavy atom. The Kier molecular flexibility index (Phi) is 11.1. The lowest BCUT2D eigenvalue weighted by Gasteiger charge is -2.36. The van der Waals surface area contributed by atoms with E-state index in [9.17, 15) is 23.6 Å². The van der Waals surface area contributed by atoms with Crippen LogP contribution in [0.15, 0.2) is 43.5 Å². The van der Waals surface area contributed by atoms with Gasteiger partial charge in [0.25, 0.3) is 0 Å². The van der Waals surface area contributed by atoms with Crippen molar-refractivity contribution in [2.24, 2.45) is 5.92 Å². The number of likely N-dealkylation sites (tertiary alicyclic amines) is 1. The molecule has 2 unspecified atom stereocenters. The zero-order valence-electron chi connectivity index (χ0n) is 30.4. The van der Waals surface area contributed by atoms with Crippen LogP contribution in [0.5, 0.6) is 5.75 Å². The number of hydrogen-bond acceptors (Lipinski definition) is 8. The lowest BCUT2D eigenvalue weighted by atomic mass is 9.87. The van der Waals surface area contributed by atoms with Gasteiger partial charge in [-0.05, 0) is 91.3 Å². The number of aryl methyl sites for hydroxylation is 2. The molecular weight excluding hydrogens is 655 g/mol. The lowest BCUT2D eigenvalue weighted by molar-refractivity contribution is -0.150. The fourth-order valence-corrected chi connectivity index (χ4v) is 7.38. The van der Waals surface area contributed by atoms with Gasteiger partial charge in [0.05, 0.1) is 24.4 Å². The Hall–Kier alpha value is -4.48. The molecule has 11 nitrogen and oxygen atoms in total. The maximum absolute atomic E-state index is 14.6. The van der Waals surface area contributed by atoms with Crippen molar-refractivity contribution < 1.29 is 37.8 Å². The number of rotatable bonds is 13. The fourth-order valence-electron chi connectivity index (χ4n) is 7.38. The van der Waals surface area contributed by atoms with Crippen LogP contribution in [0.1, 0.15) is 90.3 Å². The van der Waals surface area contributed by atoms with Crippen LogP contribution in [0.25, 0.3) is 10.9 Å². The summed E-state index contributed by atoms with van der Waals surface area (Å²) >= 11 is 0. The topological polar surface area (TPSA) is 136 Å². The van der Waals surface area contributed by atoms with Gasteiger partial charge in [0.2, 0.25) is 11.8 Å². The summed E-state index contributed by atoms with van der Waals surface area (Å²) in [7, 11) is 0. The number of nitrogens with zero attached hydrogens (tertiary/aromatic N) is 2. The van der Waals surface area contributed by atoms with E-state index in [-0.39, 0.29) is 31.3 Å². The summed E-state index contributed by atoms with van der Waals surface area (Å²) in [6.45, 7) is 16.5. The number of carbonyl (C=O) groups excluding carboxylic acids is 4. The Labute approximate surface area is 299 Å². The predicted molar refractivity (Wildman–Crippen MR) is 190 cm³/mol. The lowest BCUT2D eigenvalue weighted by Crippen LogP contribution is -2.57. The van der Waals surface area contributed by atoms with E-state index in [1.165, 1.54) is 17.0 Å². The highest BCUT2D eigenvalue weighted by atomic mass is 19.1. The van der Waals surface area contributed by atoms with Gasteiger partial charge in [0.15, 0.2) is 0 Å². The smallest absolute Gasteiger partial charge is 0.408 e. The summed E-state index contributed by atoms with van der Waals surface area (Å²) in [6.07, 6.45) is 7.61. The first-order valence-electron chi connectivity index (χ1n) is 18.0. The molecule has 0 bridgehead atoms. The molecule has 0 radical (unpaired) electrons. The summed E-state index contributed by atoms with van der Waals surface area (Å²) in [4.78, 5) is 61.2. The molecule has 3 amide bonds. The number of nitrogens with one attached hydrogen (secondary N) is 2. The summed E-state index contributed by atoms with van der Waals surface area (Å²) in [5, 5.41) is 6.36. The molecule has 3 aliphatic rings. The molecule has 51 heavy (non-hydrogen) atoms. The highest BCUT2D eigenvalue weighted by Gasteiger charge is 2.63. The Bertz CT molecular complexity index is 1710. The molecule has 1 saturated heterocycles. The molecule has 1 spiro atoms. The van der Waals surface area contributed by atoms with Crippen molar-refractivity contribution in [1.82, 2.24) is 20.5 Å². The SMILES string of the molecule is C=CCCCCCC(NC(=O)OC(C)(C)C)C(=O)N1C[C@@]2(CCc3c(c(C)nc4ccc(F)cc34)O2)C[C@H]1C(=O)NC1(C(=O)OCC)C[C@H]1C=C. The molecule has 5 rings (SSSR count). The molecule has 12 heteroatoms. The van der Waals surface area contributed by atoms with Crippen molar-refractivity contribution in [2.45, 2.75) is 121 Å². The molecule has 2 aromatic rings. The third-order valence-corrected chi connectivity index (χ3v) is 9.98. The number of aromatic nitrogens is 1. The average molecular weight is 707 g/mol. The summed E-state index contributed by atoms with van der Waals surface area (Å²) in [5.41, 5.74) is -0.963. The standard InChI is InChI=1S/C39H51FN4O7/c1-8-11-12-13-14-15-30(42-36(48)51-37(5,6)7)34(46)44-23-38(22-31(44)33(45)43-39(21-25(39)9-2)35(47)49-10-3)19-18-27-28-20-26(40)16-17-29(28)41-24(4)32(27)50-38/h8-9,16-17,20,25,30-31H,1-2,10-15,18-19,21-23H2,3-7H3,(H,42,48)(H,43,45)/t25-,30?,31+,38-,39?/m1/s1. The maximum atomic E-state index is 14.6. The molecule has 1 aromatic heterocycles. The monoisotopic (exact) mass is 706 g/mol. The van der Waals surface area contributed by atoms with Crippen LogP contribution in [0.3, 0.4) is 0 Å². The van der Waals surface area contributed by atoms with Gasteiger partial charge in [-0.15, -0.1) is 13.2 Å². The van der Waals surface area contributed by atoms with Gasteiger partial charge < -0.3 is 29.7 Å². The van der Waals surface area contributed by atoms with Crippen molar-refractivity contribution in [3.63, 3.8) is 0 Å². The molecule has 1 aromatic carbocycles. The minimum atomic E-state index is -1.28. The van der Waals surface area contributed by atoms with Crippen LogP contribution < -0.4 is 15.4 Å². The van der Waals surface area contributed by atoms with E-state index in [1.807, 2.05) is 13.0 Å². The number of esters is 1. The molecule has 1 saturated carbocycles. The highest BCUT2D eigenvalue weighted by molar-refractivity contribution is 5.97. The number of benzene rings is 1. The number of fused-ring (bicyclic) bond motifs is 3. The molecule has 2 aliphatic heterocycles. The molecule has 2 N–H and O–H groups in total. The second kappa shape index (κ2) is 15.0. The molecule has 3 heterocycles. The number of ether oxygens (including phenoxy) is 3. The Balaban J connectivity index is 1.48. The molecule has 5 atom stereocenters. The number of hydrogen-bond donors (Lipinski definition) is 2. The summed E-state index contributed by atoms with van der Waals surface area (Å²) in [5.74, 6) is -1.72. The van der Waals surface area contributed by atoms with Crippen LogP contribution in [0.4, 0.5) is 9.18 Å². The second-order valence-corrected chi connectivity index (χ2v) is 15.0. The van der Waals surface area contributed by atoms with Gasteiger partial charge in [0, 0.05) is 23.3 Å². The summed E-state index contributed by atoms with van der Waals surface area (Å²) in [6, 6.07) is 2.44. The second-order valence-electron chi connectivity index (χ2n) is 15.0. The first-order valence-corrected chi connectivity index (χ1v) is 18.0. The minimum Gasteiger partial charge on any atom is -0.483 e. The number of amides is 3. The third kappa shape index (κ3) is 8.20. The van der Waals surface area contributed by atoms with Crippen LogP contribution in [-0.2, 0) is 30.3 Å². The number of halogens is 1. The predicted octanol–water partition coefficient (Wildman–Crippen LogP) is 6.00. The quantitative estimate of drug-likeness (QED) is 0.147. The number of pyridine rings is 1. The van der Waals surface area contributed by atoms with Crippen molar-refractivity contribution in [1.29, 1.82) is 0 Å². The van der Waals surface area contributed by atoms with Crippen LogP contribution in [0, 0.1) is 18.7 Å². The van der Waals surface area contributed by atoms with Crippen molar-refractivity contribution in [3.8, 4) is 5.75 Å². The van der Waals surface area contributed by atoms with Gasteiger partial charge in [-0.25, -0.2) is 19.0 Å². The van der Waals surface area contributed by atoms with Gasteiger partial charge in [-0.3, -0.25) is 9.59 Å². The summed E-state index contributed by atoms with van der Waals surface area (Å²) < 4.78 is 32.0. The van der Waals surface area contributed by atoms with Gasteiger partial charge in [-0.2, -0.15) is 0 Å². The van der Waals surface area contributed by atoms with Crippen LogP contribution in [0.2, 0.25) is 0 Å². The van der Waals surface area contributed by atoms with E-state index in [0.29, 0.717) is 54.5 Å². The van der Waals surface area contributed by atoms with E-state index < -0.39 is 52.7 Å². The Morgan fingerprint density at radius 3 is 2.61 bits per heavy atom. The first-order chi connectivity index (χ1) is 24.2. The number of unbranched alkanes of at least 4 members (excludes halogenated alkanes) is 3. The normalized spacial score (nSPS) is 24.2. The van der Waals surface area contributed by atoms with Crippen molar-refractivity contribution >= 4 is 34.8 Å². The maximum Gasteiger partial charge on any atom is 0.408 e. The fraction of sp³-hybridized carbons (Fsp3) is 0.564. The zero-order valence-corrected chi connectivity index (χ0v) is 30.4. The Morgan fingerprint density at radius 1 is 1.18 bits per heavy atom. The van der Waals surface area contributed by atoms with E-state index in [4.69, 9.17) is 14.2 Å². The van der Waals surface area contributed by atoms with E-state index in [0.717, 1.165) is 24.8 Å². The molecule has 276 valence electrons.